The van der Waals surface area contributed by atoms with Crippen LogP contribution in [0.2, 0.25) is 0 Å². The summed E-state index contributed by atoms with van der Waals surface area (Å²) in [6.45, 7) is 2.51. The summed E-state index contributed by atoms with van der Waals surface area (Å²) >= 11 is 1.57. The van der Waals surface area contributed by atoms with Crippen molar-refractivity contribution in [1.29, 1.82) is 0 Å². The molecular weight excluding hydrogens is 304 g/mol. The Morgan fingerprint density at radius 3 is 2.91 bits per heavy atom. The molecule has 2 aliphatic heterocycles. The number of aryl methyl sites for hydroxylation is 1. The van der Waals surface area contributed by atoms with E-state index in [4.69, 9.17) is 0 Å². The fraction of sp³-hybridized carbons (Fsp3) is 0.571. The quantitative estimate of drug-likeness (QED) is 0.844. The number of nitrogens with zero attached hydrogens (tertiary/aromatic N) is 3. The van der Waals surface area contributed by atoms with E-state index in [1.165, 1.54) is 4.90 Å². The minimum atomic E-state index is -0.489. The Morgan fingerprint density at radius 2 is 2.27 bits per heavy atom. The lowest BCUT2D eigenvalue weighted by Crippen LogP contribution is -2.45. The highest BCUT2D eigenvalue weighted by molar-refractivity contribution is 7.09. The van der Waals surface area contributed by atoms with Crippen molar-refractivity contribution in [2.45, 2.75) is 32.2 Å². The molecule has 0 bridgehead atoms. The molecule has 2 fully saturated rings. The predicted molar refractivity (Wildman–Crippen MR) is 80.3 cm³/mol. The third-order valence-corrected chi connectivity index (χ3v) is 5.00. The van der Waals surface area contributed by atoms with Gasteiger partial charge in [0.1, 0.15) is 18.1 Å². The molecule has 0 saturated carbocycles. The average Bonchev–Trinajstić information content (AvgIpc) is 3.05. The largest absolute Gasteiger partial charge is 0.332 e. The van der Waals surface area contributed by atoms with Crippen molar-refractivity contribution in [3.05, 3.63) is 16.1 Å². The predicted octanol–water partition coefficient (Wildman–Crippen LogP) is 1.06. The molecule has 2 aliphatic rings. The molecule has 1 aromatic rings. The van der Waals surface area contributed by atoms with Crippen molar-refractivity contribution in [3.63, 3.8) is 0 Å². The second-order valence-electron chi connectivity index (χ2n) is 5.64. The molecule has 0 aliphatic carbocycles. The van der Waals surface area contributed by atoms with Crippen LogP contribution in [0, 0.1) is 6.92 Å². The minimum absolute atomic E-state index is 0.0127. The van der Waals surface area contributed by atoms with Gasteiger partial charge < -0.3 is 9.80 Å². The van der Waals surface area contributed by atoms with Crippen molar-refractivity contribution in [1.82, 2.24) is 20.1 Å². The van der Waals surface area contributed by atoms with Gasteiger partial charge in [-0.2, -0.15) is 0 Å². The summed E-state index contributed by atoms with van der Waals surface area (Å²) in [6, 6.07) is -0.502. The molecule has 0 aromatic carbocycles. The topological polar surface area (TPSA) is 82.6 Å². The van der Waals surface area contributed by atoms with Gasteiger partial charge in [0.2, 0.25) is 11.8 Å². The molecule has 22 heavy (non-hydrogen) atoms. The highest BCUT2D eigenvalue weighted by Crippen LogP contribution is 2.32. The number of thiazole rings is 1. The van der Waals surface area contributed by atoms with Crippen LogP contribution in [-0.2, 0) is 9.59 Å². The van der Waals surface area contributed by atoms with E-state index in [0.29, 0.717) is 6.54 Å². The average molecular weight is 322 g/mol. The Hall–Kier alpha value is -1.96. The number of amides is 4. The number of likely N-dealkylation sites (tertiary alicyclic amines) is 1. The van der Waals surface area contributed by atoms with Gasteiger partial charge in [-0.25, -0.2) is 9.78 Å². The van der Waals surface area contributed by atoms with Crippen LogP contribution in [0.3, 0.4) is 0 Å². The summed E-state index contributed by atoms with van der Waals surface area (Å²) in [5.74, 6) is -0.481. The van der Waals surface area contributed by atoms with E-state index < -0.39 is 6.03 Å². The molecule has 3 heterocycles. The Kier molecular flexibility index (Phi) is 4.10. The Morgan fingerprint density at radius 1 is 1.45 bits per heavy atom. The Labute approximate surface area is 132 Å². The van der Waals surface area contributed by atoms with Crippen LogP contribution in [0.1, 0.15) is 36.0 Å². The fourth-order valence-electron chi connectivity index (χ4n) is 2.88. The van der Waals surface area contributed by atoms with Crippen molar-refractivity contribution in [2.75, 3.05) is 19.6 Å². The van der Waals surface area contributed by atoms with Gasteiger partial charge in [0.05, 0.1) is 6.04 Å². The molecule has 8 heteroatoms. The Balaban J connectivity index is 1.71. The maximum Gasteiger partial charge on any atom is 0.325 e. The number of carbonyl (C=O) groups excluding carboxylic acids is 3. The van der Waals surface area contributed by atoms with Crippen LogP contribution >= 0.6 is 11.3 Å². The second-order valence-corrected chi connectivity index (χ2v) is 6.52. The first-order valence-corrected chi connectivity index (χ1v) is 8.23. The fourth-order valence-corrected chi connectivity index (χ4v) is 3.82. The van der Waals surface area contributed by atoms with Crippen LogP contribution in [0.5, 0.6) is 0 Å². The van der Waals surface area contributed by atoms with Crippen molar-refractivity contribution >= 4 is 29.2 Å². The van der Waals surface area contributed by atoms with Crippen LogP contribution in [-0.4, -0.2) is 52.3 Å². The zero-order valence-corrected chi connectivity index (χ0v) is 13.2. The van der Waals surface area contributed by atoms with Gasteiger partial charge in [-0.3, -0.25) is 14.9 Å². The van der Waals surface area contributed by atoms with Crippen LogP contribution < -0.4 is 5.32 Å². The molecular formula is C14H18N4O3S. The highest BCUT2D eigenvalue weighted by atomic mass is 32.1. The van der Waals surface area contributed by atoms with Crippen LogP contribution in [0.4, 0.5) is 4.79 Å². The number of rotatable bonds is 3. The van der Waals surface area contributed by atoms with E-state index in [2.05, 4.69) is 10.3 Å². The normalized spacial score (nSPS) is 22.1. The highest BCUT2D eigenvalue weighted by Gasteiger charge is 2.34. The van der Waals surface area contributed by atoms with E-state index in [1.807, 2.05) is 12.3 Å². The number of piperidine rings is 1. The number of hydrogen-bond donors (Lipinski definition) is 1. The first-order valence-electron chi connectivity index (χ1n) is 7.35. The zero-order valence-electron chi connectivity index (χ0n) is 12.4. The molecule has 1 unspecified atom stereocenters. The van der Waals surface area contributed by atoms with Gasteiger partial charge in [0.15, 0.2) is 0 Å². The smallest absolute Gasteiger partial charge is 0.325 e. The SMILES string of the molecule is Cc1csc(C2CCCCN2C(=O)CN2CC(=O)NC2=O)n1. The summed E-state index contributed by atoms with van der Waals surface area (Å²) in [6.07, 6.45) is 2.91. The number of imide groups is 1. The summed E-state index contributed by atoms with van der Waals surface area (Å²) < 4.78 is 0. The minimum Gasteiger partial charge on any atom is -0.332 e. The number of aromatic nitrogens is 1. The van der Waals surface area contributed by atoms with E-state index >= 15 is 0 Å². The maximum absolute atomic E-state index is 12.6. The summed E-state index contributed by atoms with van der Waals surface area (Å²) in [5, 5.41) is 5.13. The molecule has 1 atom stereocenters. The van der Waals surface area contributed by atoms with Crippen LogP contribution in [0.15, 0.2) is 5.38 Å². The lowest BCUT2D eigenvalue weighted by atomic mass is 10.0. The molecule has 2 saturated heterocycles. The molecule has 3 rings (SSSR count). The summed E-state index contributed by atoms with van der Waals surface area (Å²) in [5.41, 5.74) is 0.961. The van der Waals surface area contributed by atoms with E-state index in [0.717, 1.165) is 30.0 Å². The van der Waals surface area contributed by atoms with Gasteiger partial charge in [-0.1, -0.05) is 0 Å². The lowest BCUT2D eigenvalue weighted by molar-refractivity contribution is -0.135. The first kappa shape index (κ1) is 15.0. The number of nitrogens with one attached hydrogen (secondary N) is 1. The van der Waals surface area contributed by atoms with Crippen molar-refractivity contribution < 1.29 is 14.4 Å². The van der Waals surface area contributed by atoms with Gasteiger partial charge in [0.25, 0.3) is 0 Å². The molecule has 0 radical (unpaired) electrons. The van der Waals surface area contributed by atoms with E-state index in [9.17, 15) is 14.4 Å². The molecule has 1 N–H and O–H groups in total. The van der Waals surface area contributed by atoms with E-state index in [-0.39, 0.29) is 30.9 Å². The lowest BCUT2D eigenvalue weighted by Gasteiger charge is -2.35. The zero-order chi connectivity index (χ0) is 15.7. The van der Waals surface area contributed by atoms with Gasteiger partial charge >= 0.3 is 6.03 Å². The third kappa shape index (κ3) is 2.96. The van der Waals surface area contributed by atoms with E-state index in [1.54, 1.807) is 16.2 Å². The van der Waals surface area contributed by atoms with Crippen molar-refractivity contribution in [3.8, 4) is 0 Å². The maximum atomic E-state index is 12.6. The second kappa shape index (κ2) is 6.04. The van der Waals surface area contributed by atoms with Crippen LogP contribution in [0.25, 0.3) is 0 Å². The number of hydrogen-bond acceptors (Lipinski definition) is 5. The van der Waals surface area contributed by atoms with Crippen molar-refractivity contribution in [2.24, 2.45) is 0 Å². The van der Waals surface area contributed by atoms with Gasteiger partial charge in [0, 0.05) is 17.6 Å². The number of carbonyl (C=O) groups is 3. The first-order chi connectivity index (χ1) is 10.5. The third-order valence-electron chi connectivity index (χ3n) is 3.94. The molecule has 7 nitrogen and oxygen atoms in total. The number of urea groups is 1. The van der Waals surface area contributed by atoms with Gasteiger partial charge in [-0.15, -0.1) is 11.3 Å². The standard InChI is InChI=1S/C14H18N4O3S/c1-9-8-22-13(15-9)10-4-2-3-5-18(10)12(20)7-17-6-11(19)16-14(17)21/h8,10H,2-7H2,1H3,(H,16,19,21). The Bertz CT molecular complexity index is 615. The molecule has 0 spiro atoms. The van der Waals surface area contributed by atoms with Gasteiger partial charge in [-0.05, 0) is 26.2 Å². The molecule has 1 aromatic heterocycles. The molecule has 118 valence electrons. The summed E-state index contributed by atoms with van der Waals surface area (Å²) in [4.78, 5) is 42.9. The summed E-state index contributed by atoms with van der Waals surface area (Å²) in [7, 11) is 0. The molecule has 4 amide bonds. The monoisotopic (exact) mass is 322 g/mol.